The Morgan fingerprint density at radius 1 is 0.645 bits per heavy atom. The molecular formula is C27H56NO3. The van der Waals surface area contributed by atoms with Crippen molar-refractivity contribution < 1.29 is 15.3 Å². The van der Waals surface area contributed by atoms with Crippen molar-refractivity contribution in [3.05, 3.63) is 6.42 Å². The lowest BCUT2D eigenvalue weighted by molar-refractivity contribution is 0.136. The lowest BCUT2D eigenvalue weighted by Gasteiger charge is -2.27. The molecule has 0 heterocycles. The van der Waals surface area contributed by atoms with E-state index in [2.05, 4.69) is 32.1 Å². The maximum Gasteiger partial charge on any atom is 0.0468 e. The third-order valence-corrected chi connectivity index (χ3v) is 6.35. The first-order valence-corrected chi connectivity index (χ1v) is 13.5. The molecule has 3 unspecified atom stereocenters. The number of nitrogens with zero attached hydrogens (tertiary/aromatic N) is 1. The second-order valence-corrected chi connectivity index (χ2v) is 9.98. The van der Waals surface area contributed by atoms with Crippen LogP contribution in [0.5, 0.6) is 0 Å². The molecule has 0 amide bonds. The summed E-state index contributed by atoms with van der Waals surface area (Å²) in [5.74, 6) is 0.997. The lowest BCUT2D eigenvalue weighted by atomic mass is 9.95. The van der Waals surface area contributed by atoms with Crippen LogP contribution in [0.1, 0.15) is 111 Å². The molecule has 0 aliphatic carbocycles. The summed E-state index contributed by atoms with van der Waals surface area (Å²) in [5.41, 5.74) is 0. The van der Waals surface area contributed by atoms with Crippen molar-refractivity contribution in [3.8, 4) is 0 Å². The maximum absolute atomic E-state index is 9.59. The van der Waals surface area contributed by atoms with E-state index in [1.54, 1.807) is 0 Å². The molecule has 0 aromatic rings. The molecule has 0 fully saturated rings. The molecule has 3 N–H and O–H groups in total. The molecule has 3 atom stereocenters. The van der Waals surface area contributed by atoms with E-state index < -0.39 is 0 Å². The van der Waals surface area contributed by atoms with Gasteiger partial charge in [-0.2, -0.15) is 0 Å². The SMILES string of the molecule is CCCCCCCCC([CH]CCCCCCCCN(CC(C)CO)CC(C)CO)CO. The van der Waals surface area contributed by atoms with E-state index in [4.69, 9.17) is 0 Å². The van der Waals surface area contributed by atoms with E-state index in [1.807, 2.05) is 0 Å². The fraction of sp³-hybridized carbons (Fsp3) is 0.963. The first-order valence-electron chi connectivity index (χ1n) is 13.5. The van der Waals surface area contributed by atoms with Gasteiger partial charge >= 0.3 is 0 Å². The number of hydrogen-bond donors (Lipinski definition) is 3. The second kappa shape index (κ2) is 23.0. The Bertz CT molecular complexity index is 341. The number of aliphatic hydroxyl groups excluding tert-OH is 3. The fourth-order valence-corrected chi connectivity index (χ4v) is 4.27. The van der Waals surface area contributed by atoms with Crippen LogP contribution < -0.4 is 0 Å². The smallest absolute Gasteiger partial charge is 0.0468 e. The van der Waals surface area contributed by atoms with Crippen LogP contribution in [0.3, 0.4) is 0 Å². The van der Waals surface area contributed by atoms with Gasteiger partial charge in [0.15, 0.2) is 0 Å². The van der Waals surface area contributed by atoms with E-state index in [0.717, 1.165) is 32.5 Å². The maximum atomic E-state index is 9.59. The lowest BCUT2D eigenvalue weighted by Crippen LogP contribution is -2.35. The van der Waals surface area contributed by atoms with E-state index in [-0.39, 0.29) is 13.2 Å². The van der Waals surface area contributed by atoms with E-state index in [1.165, 1.54) is 77.0 Å². The monoisotopic (exact) mass is 442 g/mol. The molecule has 0 aliphatic rings. The molecule has 0 spiro atoms. The highest BCUT2D eigenvalue weighted by atomic mass is 16.3. The van der Waals surface area contributed by atoms with Crippen molar-refractivity contribution in [2.24, 2.45) is 17.8 Å². The summed E-state index contributed by atoms with van der Waals surface area (Å²) in [7, 11) is 0. The standard InChI is InChI=1S/C27H56NO3/c1-4-5-6-7-11-14-17-27(24-31)18-15-12-9-8-10-13-16-19-28(20-25(2)22-29)21-26(3)23-30/h18,25-27,29-31H,4-17,19-24H2,1-3H3. The molecule has 4 nitrogen and oxygen atoms in total. The largest absolute Gasteiger partial charge is 0.396 e. The van der Waals surface area contributed by atoms with Crippen LogP contribution in [-0.4, -0.2) is 59.7 Å². The third-order valence-electron chi connectivity index (χ3n) is 6.35. The van der Waals surface area contributed by atoms with Gasteiger partial charge in [0.1, 0.15) is 0 Å². The molecule has 0 saturated heterocycles. The summed E-state index contributed by atoms with van der Waals surface area (Å²) in [4.78, 5) is 2.41. The highest BCUT2D eigenvalue weighted by Crippen LogP contribution is 2.18. The summed E-state index contributed by atoms with van der Waals surface area (Å²) in [6, 6.07) is 0. The van der Waals surface area contributed by atoms with Crippen molar-refractivity contribution in [2.75, 3.05) is 39.5 Å². The molecule has 187 valence electrons. The first kappa shape index (κ1) is 30.8. The topological polar surface area (TPSA) is 63.9 Å². The molecule has 0 rings (SSSR count). The van der Waals surface area contributed by atoms with Crippen molar-refractivity contribution >= 4 is 0 Å². The van der Waals surface area contributed by atoms with Gasteiger partial charge in [0.05, 0.1) is 0 Å². The summed E-state index contributed by atoms with van der Waals surface area (Å²) >= 11 is 0. The molecule has 0 aliphatic heterocycles. The minimum absolute atomic E-state index is 0.233. The number of rotatable bonds is 24. The Morgan fingerprint density at radius 2 is 1.16 bits per heavy atom. The predicted molar refractivity (Wildman–Crippen MR) is 134 cm³/mol. The van der Waals surface area contributed by atoms with Gasteiger partial charge in [0.25, 0.3) is 0 Å². The normalized spacial score (nSPS) is 14.8. The van der Waals surface area contributed by atoms with Crippen molar-refractivity contribution in [2.45, 2.75) is 111 Å². The Kier molecular flexibility index (Phi) is 22.9. The van der Waals surface area contributed by atoms with Gasteiger partial charge in [0, 0.05) is 32.9 Å². The zero-order chi connectivity index (χ0) is 23.2. The van der Waals surface area contributed by atoms with E-state index in [9.17, 15) is 15.3 Å². The van der Waals surface area contributed by atoms with Crippen molar-refractivity contribution in [1.82, 2.24) is 4.90 Å². The molecule has 0 saturated carbocycles. The van der Waals surface area contributed by atoms with E-state index in [0.29, 0.717) is 24.4 Å². The van der Waals surface area contributed by atoms with Crippen molar-refractivity contribution in [1.29, 1.82) is 0 Å². The Hall–Kier alpha value is -0.160. The second-order valence-electron chi connectivity index (χ2n) is 9.98. The van der Waals surface area contributed by atoms with Gasteiger partial charge in [-0.3, -0.25) is 0 Å². The van der Waals surface area contributed by atoms with Gasteiger partial charge in [-0.25, -0.2) is 0 Å². The predicted octanol–water partition coefficient (Wildman–Crippen LogP) is 5.84. The Balaban J connectivity index is 3.68. The molecule has 31 heavy (non-hydrogen) atoms. The fourth-order valence-electron chi connectivity index (χ4n) is 4.27. The zero-order valence-electron chi connectivity index (χ0n) is 21.2. The highest BCUT2D eigenvalue weighted by molar-refractivity contribution is 4.75. The van der Waals surface area contributed by atoms with Crippen LogP contribution in [0.25, 0.3) is 0 Å². The number of aliphatic hydroxyl groups is 3. The van der Waals surface area contributed by atoms with Gasteiger partial charge in [-0.15, -0.1) is 0 Å². The van der Waals surface area contributed by atoms with Crippen LogP contribution in [0.2, 0.25) is 0 Å². The van der Waals surface area contributed by atoms with Gasteiger partial charge in [0.2, 0.25) is 0 Å². The molecule has 1 radical (unpaired) electrons. The quantitative estimate of drug-likeness (QED) is 0.164. The van der Waals surface area contributed by atoms with Gasteiger partial charge in [-0.05, 0) is 50.0 Å². The van der Waals surface area contributed by atoms with Gasteiger partial charge in [-0.1, -0.05) is 91.4 Å². The van der Waals surface area contributed by atoms with E-state index >= 15 is 0 Å². The summed E-state index contributed by atoms with van der Waals surface area (Å²) in [6.45, 7) is 10.1. The number of hydrogen-bond acceptors (Lipinski definition) is 4. The Labute approximate surface area is 194 Å². The van der Waals surface area contributed by atoms with Crippen LogP contribution >= 0.6 is 0 Å². The first-order chi connectivity index (χ1) is 15.1. The summed E-state index contributed by atoms with van der Waals surface area (Å²) in [6.07, 6.45) is 20.2. The molecular weight excluding hydrogens is 386 g/mol. The zero-order valence-corrected chi connectivity index (χ0v) is 21.2. The highest BCUT2D eigenvalue weighted by Gasteiger charge is 2.13. The summed E-state index contributed by atoms with van der Waals surface area (Å²) < 4.78 is 0. The average Bonchev–Trinajstić information content (AvgIpc) is 2.78. The molecule has 0 bridgehead atoms. The molecule has 0 aromatic carbocycles. The minimum atomic E-state index is 0.233. The summed E-state index contributed by atoms with van der Waals surface area (Å²) in [5, 5.41) is 28.2. The third kappa shape index (κ3) is 20.2. The average molecular weight is 443 g/mol. The molecule has 0 aromatic heterocycles. The Morgan fingerprint density at radius 3 is 1.71 bits per heavy atom. The number of unbranched alkanes of at least 4 members (excludes halogenated alkanes) is 11. The minimum Gasteiger partial charge on any atom is -0.396 e. The van der Waals surface area contributed by atoms with Gasteiger partial charge < -0.3 is 20.2 Å². The van der Waals surface area contributed by atoms with Crippen LogP contribution in [0.4, 0.5) is 0 Å². The van der Waals surface area contributed by atoms with Crippen LogP contribution in [0.15, 0.2) is 0 Å². The van der Waals surface area contributed by atoms with Crippen LogP contribution in [0, 0.1) is 24.2 Å². The molecule has 4 heteroatoms. The van der Waals surface area contributed by atoms with Crippen LogP contribution in [-0.2, 0) is 0 Å². The van der Waals surface area contributed by atoms with Crippen molar-refractivity contribution in [3.63, 3.8) is 0 Å².